The minimum Gasteiger partial charge on any atom is -0.383 e. The molecular weight excluding hydrogens is 284 g/mol. The van der Waals surface area contributed by atoms with Crippen LogP contribution in [0.4, 0.5) is 5.82 Å². The van der Waals surface area contributed by atoms with Gasteiger partial charge in [-0.1, -0.05) is 6.92 Å². The Bertz CT molecular complexity index is 413. The van der Waals surface area contributed by atoms with Crippen molar-refractivity contribution in [2.75, 3.05) is 32.5 Å². The molecule has 1 unspecified atom stereocenters. The minimum absolute atomic E-state index is 0.0746. The van der Waals surface area contributed by atoms with Gasteiger partial charge >= 0.3 is 0 Å². The van der Waals surface area contributed by atoms with Crippen molar-refractivity contribution in [3.63, 3.8) is 0 Å². The Morgan fingerprint density at radius 3 is 2.94 bits per heavy atom. The molecule has 1 saturated heterocycles. The number of halogens is 1. The molecule has 0 amide bonds. The molecule has 0 radical (unpaired) electrons. The van der Waals surface area contributed by atoms with E-state index in [0.29, 0.717) is 18.2 Å². The average Bonchev–Trinajstić information content (AvgIpc) is 2.32. The second-order valence-corrected chi connectivity index (χ2v) is 5.00. The zero-order valence-corrected chi connectivity index (χ0v) is 11.7. The zero-order chi connectivity index (χ0) is 12.4. The standard InChI is InChI=1S/C11H17BrN4O/c1-3-7-9(12)10(13)15-11(14-7)8-6-16(2)4-5-17-8/h8H,3-6H2,1-2H3,(H2,13,14,15). The van der Waals surface area contributed by atoms with E-state index in [1.807, 2.05) is 6.92 Å². The molecule has 0 aliphatic carbocycles. The third-order valence-corrected chi connectivity index (χ3v) is 3.72. The fourth-order valence-electron chi connectivity index (χ4n) is 1.84. The molecule has 0 bridgehead atoms. The van der Waals surface area contributed by atoms with Crippen LogP contribution in [0, 0.1) is 0 Å². The van der Waals surface area contributed by atoms with Crippen LogP contribution in [0.1, 0.15) is 24.5 Å². The topological polar surface area (TPSA) is 64.3 Å². The monoisotopic (exact) mass is 300 g/mol. The normalized spacial score (nSPS) is 21.7. The van der Waals surface area contributed by atoms with E-state index in [1.54, 1.807) is 0 Å². The van der Waals surface area contributed by atoms with E-state index in [4.69, 9.17) is 10.5 Å². The molecule has 5 nitrogen and oxygen atoms in total. The van der Waals surface area contributed by atoms with Crippen molar-refractivity contribution in [3.05, 3.63) is 16.0 Å². The summed E-state index contributed by atoms with van der Waals surface area (Å²) in [6, 6.07) is 0. The fourth-order valence-corrected chi connectivity index (χ4v) is 2.30. The number of rotatable bonds is 2. The molecule has 1 aromatic heterocycles. The number of ether oxygens (including phenoxy) is 1. The summed E-state index contributed by atoms with van der Waals surface area (Å²) in [6.07, 6.45) is 0.748. The molecule has 1 fully saturated rings. The Morgan fingerprint density at radius 2 is 2.29 bits per heavy atom. The Balaban J connectivity index is 2.29. The smallest absolute Gasteiger partial charge is 0.161 e. The summed E-state index contributed by atoms with van der Waals surface area (Å²) in [5, 5.41) is 0. The molecule has 6 heteroatoms. The van der Waals surface area contributed by atoms with E-state index in [-0.39, 0.29) is 6.10 Å². The first-order valence-electron chi connectivity index (χ1n) is 5.73. The van der Waals surface area contributed by atoms with E-state index in [0.717, 1.165) is 29.7 Å². The number of hydrogen-bond donors (Lipinski definition) is 1. The summed E-state index contributed by atoms with van der Waals surface area (Å²) in [4.78, 5) is 11.0. The summed E-state index contributed by atoms with van der Waals surface area (Å²) < 4.78 is 6.49. The lowest BCUT2D eigenvalue weighted by Crippen LogP contribution is -2.36. The molecule has 1 aliphatic rings. The summed E-state index contributed by atoms with van der Waals surface area (Å²) in [7, 11) is 2.07. The van der Waals surface area contributed by atoms with E-state index < -0.39 is 0 Å². The maximum Gasteiger partial charge on any atom is 0.161 e. The highest BCUT2D eigenvalue weighted by Crippen LogP contribution is 2.25. The van der Waals surface area contributed by atoms with Gasteiger partial charge in [0.1, 0.15) is 11.9 Å². The molecule has 17 heavy (non-hydrogen) atoms. The predicted octanol–water partition coefficient (Wildman–Crippen LogP) is 1.39. The lowest BCUT2D eigenvalue weighted by Gasteiger charge is -2.29. The number of aryl methyl sites for hydroxylation is 1. The van der Waals surface area contributed by atoms with Crippen LogP contribution in [0.15, 0.2) is 4.47 Å². The third-order valence-electron chi connectivity index (χ3n) is 2.86. The van der Waals surface area contributed by atoms with Gasteiger partial charge in [0.05, 0.1) is 16.8 Å². The van der Waals surface area contributed by atoms with Gasteiger partial charge < -0.3 is 15.4 Å². The first-order chi connectivity index (χ1) is 8.11. The Morgan fingerprint density at radius 1 is 1.53 bits per heavy atom. The van der Waals surface area contributed by atoms with E-state index >= 15 is 0 Å². The SMILES string of the molecule is CCc1nc(C2CN(C)CCO2)nc(N)c1Br. The fraction of sp³-hybridized carbons (Fsp3) is 0.636. The molecule has 0 aromatic carbocycles. The van der Waals surface area contributed by atoms with Gasteiger partial charge in [0.25, 0.3) is 0 Å². The lowest BCUT2D eigenvalue weighted by atomic mass is 10.2. The van der Waals surface area contributed by atoms with Gasteiger partial charge in [-0.3, -0.25) is 0 Å². The van der Waals surface area contributed by atoms with Crippen molar-refractivity contribution >= 4 is 21.7 Å². The molecule has 2 rings (SSSR count). The zero-order valence-electron chi connectivity index (χ0n) is 10.1. The predicted molar refractivity (Wildman–Crippen MR) is 69.7 cm³/mol. The molecule has 1 aromatic rings. The number of nitrogens with two attached hydrogens (primary N) is 1. The number of nitrogen functional groups attached to an aromatic ring is 1. The average molecular weight is 301 g/mol. The van der Waals surface area contributed by atoms with Crippen LogP contribution in [0.5, 0.6) is 0 Å². The second-order valence-electron chi connectivity index (χ2n) is 4.20. The van der Waals surface area contributed by atoms with Gasteiger partial charge in [-0.25, -0.2) is 9.97 Å². The van der Waals surface area contributed by atoms with Crippen LogP contribution in [0.2, 0.25) is 0 Å². The number of nitrogens with zero attached hydrogens (tertiary/aromatic N) is 3. The molecule has 94 valence electrons. The van der Waals surface area contributed by atoms with Gasteiger partial charge in [-0.05, 0) is 29.4 Å². The number of likely N-dealkylation sites (N-methyl/N-ethyl adjacent to an activating group) is 1. The first kappa shape index (κ1) is 12.7. The molecule has 2 N–H and O–H groups in total. The van der Waals surface area contributed by atoms with Crippen molar-refractivity contribution in [1.29, 1.82) is 0 Å². The summed E-state index contributed by atoms with van der Waals surface area (Å²) in [5.74, 6) is 1.18. The number of aromatic nitrogens is 2. The van der Waals surface area contributed by atoms with Crippen molar-refractivity contribution in [2.24, 2.45) is 0 Å². The minimum atomic E-state index is -0.0746. The molecule has 1 aliphatic heterocycles. The Hall–Kier alpha value is -0.720. The summed E-state index contributed by atoms with van der Waals surface area (Å²) in [6.45, 7) is 4.51. The van der Waals surface area contributed by atoms with Gasteiger partial charge in [0.15, 0.2) is 5.82 Å². The van der Waals surface area contributed by atoms with E-state index in [2.05, 4.69) is 37.8 Å². The van der Waals surface area contributed by atoms with Crippen molar-refractivity contribution < 1.29 is 4.74 Å². The van der Waals surface area contributed by atoms with Crippen LogP contribution in [0.3, 0.4) is 0 Å². The lowest BCUT2D eigenvalue weighted by molar-refractivity contribution is -0.0255. The maximum absolute atomic E-state index is 5.87. The quantitative estimate of drug-likeness (QED) is 0.894. The number of anilines is 1. The molecule has 0 spiro atoms. The van der Waals surface area contributed by atoms with Crippen LogP contribution in [0.25, 0.3) is 0 Å². The van der Waals surface area contributed by atoms with E-state index in [9.17, 15) is 0 Å². The largest absolute Gasteiger partial charge is 0.383 e. The third kappa shape index (κ3) is 2.75. The first-order valence-corrected chi connectivity index (χ1v) is 6.53. The number of morpholine rings is 1. The van der Waals surface area contributed by atoms with Crippen LogP contribution < -0.4 is 5.73 Å². The Kier molecular flexibility index (Phi) is 3.96. The van der Waals surface area contributed by atoms with Crippen LogP contribution >= 0.6 is 15.9 Å². The number of hydrogen-bond acceptors (Lipinski definition) is 5. The molecule has 0 saturated carbocycles. The second kappa shape index (κ2) is 5.29. The highest BCUT2D eigenvalue weighted by atomic mass is 79.9. The van der Waals surface area contributed by atoms with Gasteiger partial charge in [-0.2, -0.15) is 0 Å². The van der Waals surface area contributed by atoms with Crippen molar-refractivity contribution in [3.8, 4) is 0 Å². The van der Waals surface area contributed by atoms with Gasteiger partial charge in [0.2, 0.25) is 0 Å². The molecule has 2 heterocycles. The van der Waals surface area contributed by atoms with Crippen molar-refractivity contribution in [1.82, 2.24) is 14.9 Å². The highest BCUT2D eigenvalue weighted by Gasteiger charge is 2.23. The van der Waals surface area contributed by atoms with Crippen molar-refractivity contribution in [2.45, 2.75) is 19.4 Å². The van der Waals surface area contributed by atoms with E-state index in [1.165, 1.54) is 0 Å². The van der Waals surface area contributed by atoms with Gasteiger partial charge in [0, 0.05) is 13.1 Å². The Labute approximate surface area is 110 Å². The molecule has 1 atom stereocenters. The highest BCUT2D eigenvalue weighted by molar-refractivity contribution is 9.10. The van der Waals surface area contributed by atoms with Gasteiger partial charge in [-0.15, -0.1) is 0 Å². The van der Waals surface area contributed by atoms with Crippen LogP contribution in [-0.2, 0) is 11.2 Å². The summed E-state index contributed by atoms with van der Waals surface area (Å²) >= 11 is 3.41. The molecular formula is C11H17BrN4O. The summed E-state index contributed by atoms with van der Waals surface area (Å²) in [5.41, 5.74) is 6.81. The maximum atomic E-state index is 5.87. The van der Waals surface area contributed by atoms with Crippen LogP contribution in [-0.4, -0.2) is 41.6 Å².